The van der Waals surface area contributed by atoms with Crippen molar-refractivity contribution in [2.24, 2.45) is 11.8 Å². The normalized spacial score (nSPS) is 24.4. The lowest BCUT2D eigenvalue weighted by molar-refractivity contribution is -0.132. The van der Waals surface area contributed by atoms with Gasteiger partial charge in [-0.25, -0.2) is 9.97 Å². The van der Waals surface area contributed by atoms with E-state index in [-0.39, 0.29) is 23.7 Å². The van der Waals surface area contributed by atoms with Crippen LogP contribution in [0.3, 0.4) is 0 Å². The predicted molar refractivity (Wildman–Crippen MR) is 137 cm³/mol. The second kappa shape index (κ2) is 9.74. The van der Waals surface area contributed by atoms with Crippen LogP contribution in [0.15, 0.2) is 30.6 Å². The second-order valence-corrected chi connectivity index (χ2v) is 10.9. The average Bonchev–Trinajstić information content (AvgIpc) is 3.39. The highest BCUT2D eigenvalue weighted by Gasteiger charge is 2.44. The molecular formula is C26H33ClN6O2. The minimum Gasteiger partial charge on any atom is -0.355 e. The molecule has 8 nitrogen and oxygen atoms in total. The number of benzene rings is 1. The Balaban J connectivity index is 1.29. The molecule has 1 aromatic heterocycles. The lowest BCUT2D eigenvalue weighted by Gasteiger charge is -2.30. The number of halogens is 1. The van der Waals surface area contributed by atoms with E-state index in [0.717, 1.165) is 43.1 Å². The molecule has 4 heterocycles. The van der Waals surface area contributed by atoms with Gasteiger partial charge in [0.25, 0.3) is 0 Å². The van der Waals surface area contributed by atoms with Crippen LogP contribution in [-0.2, 0) is 9.59 Å². The zero-order valence-electron chi connectivity index (χ0n) is 20.5. The van der Waals surface area contributed by atoms with Crippen molar-refractivity contribution >= 4 is 35.1 Å². The van der Waals surface area contributed by atoms with Gasteiger partial charge in [0.05, 0.1) is 5.92 Å². The molecule has 2 fully saturated rings. The fraction of sp³-hybridized carbons (Fsp3) is 0.538. The summed E-state index contributed by atoms with van der Waals surface area (Å²) in [6.45, 7) is 10.1. The Hall–Kier alpha value is -2.71. The summed E-state index contributed by atoms with van der Waals surface area (Å²) in [6, 6.07) is 7.94. The predicted octanol–water partition coefficient (Wildman–Crippen LogP) is 3.25. The first kappa shape index (κ1) is 24.0. The van der Waals surface area contributed by atoms with Crippen LogP contribution in [0.25, 0.3) is 0 Å². The standard InChI is InChI=1S/C26H33ClN6O2/c1-15(2)28-9-21(17-4-6-20(27)7-5-17)26(35)33-12-18-10-32(11-19(18)13-33)25-23-16(3)8-22(34)31-24(23)29-14-30-25/h4-7,14-16,18-19,21,28H,8-13H2,1-3H3,(H,29,30,31,34)/t16-,18?,19?,21?/m1/s1. The van der Waals surface area contributed by atoms with Crippen molar-refractivity contribution in [2.45, 2.75) is 45.1 Å². The van der Waals surface area contributed by atoms with E-state index in [1.165, 1.54) is 6.33 Å². The van der Waals surface area contributed by atoms with Gasteiger partial charge in [-0.3, -0.25) is 9.59 Å². The molecule has 3 aliphatic rings. The third-order valence-corrected chi connectivity index (χ3v) is 7.76. The third-order valence-electron chi connectivity index (χ3n) is 7.50. The van der Waals surface area contributed by atoms with Gasteiger partial charge in [-0.15, -0.1) is 0 Å². The molecule has 0 saturated carbocycles. The van der Waals surface area contributed by atoms with Crippen LogP contribution in [0.2, 0.25) is 5.02 Å². The van der Waals surface area contributed by atoms with Crippen molar-refractivity contribution in [3.05, 3.63) is 46.7 Å². The molecule has 186 valence electrons. The molecule has 3 unspecified atom stereocenters. The molecule has 1 aromatic carbocycles. The molecule has 0 bridgehead atoms. The molecule has 4 atom stereocenters. The van der Waals surface area contributed by atoms with Gasteiger partial charge in [0.2, 0.25) is 11.8 Å². The minimum absolute atomic E-state index is 0.00398. The maximum atomic E-state index is 13.7. The number of amides is 2. The fourth-order valence-corrected chi connectivity index (χ4v) is 5.84. The van der Waals surface area contributed by atoms with E-state index in [1.54, 1.807) is 0 Å². The quantitative estimate of drug-likeness (QED) is 0.638. The summed E-state index contributed by atoms with van der Waals surface area (Å²) in [7, 11) is 0. The molecule has 2 saturated heterocycles. The van der Waals surface area contributed by atoms with Crippen molar-refractivity contribution in [1.29, 1.82) is 0 Å². The van der Waals surface area contributed by atoms with Gasteiger partial charge in [0, 0.05) is 67.6 Å². The number of likely N-dealkylation sites (tertiary alicyclic amines) is 1. The highest BCUT2D eigenvalue weighted by Crippen LogP contribution is 2.41. The number of anilines is 2. The SMILES string of the molecule is CC(C)NCC(C(=O)N1CC2CN(c3ncnc4c3[C@H](C)CC(=O)N4)CC2C1)c1ccc(Cl)cc1. The van der Waals surface area contributed by atoms with E-state index in [9.17, 15) is 9.59 Å². The molecule has 9 heteroatoms. The van der Waals surface area contributed by atoms with E-state index in [4.69, 9.17) is 11.6 Å². The number of fused-ring (bicyclic) bond motifs is 2. The van der Waals surface area contributed by atoms with Crippen LogP contribution < -0.4 is 15.5 Å². The van der Waals surface area contributed by atoms with Crippen molar-refractivity contribution in [3.8, 4) is 0 Å². The van der Waals surface area contributed by atoms with Crippen LogP contribution in [0, 0.1) is 11.8 Å². The molecule has 2 amide bonds. The smallest absolute Gasteiger partial charge is 0.231 e. The van der Waals surface area contributed by atoms with Crippen molar-refractivity contribution in [3.63, 3.8) is 0 Å². The number of carbonyl (C=O) groups excluding carboxylic acids is 2. The summed E-state index contributed by atoms with van der Waals surface area (Å²) in [5.41, 5.74) is 2.03. The van der Waals surface area contributed by atoms with Gasteiger partial charge < -0.3 is 20.4 Å². The van der Waals surface area contributed by atoms with Crippen LogP contribution in [-0.4, -0.2) is 65.4 Å². The first-order valence-electron chi connectivity index (χ1n) is 12.5. The average molecular weight is 497 g/mol. The zero-order chi connectivity index (χ0) is 24.7. The first-order chi connectivity index (χ1) is 16.8. The van der Waals surface area contributed by atoms with E-state index in [2.05, 4.69) is 46.3 Å². The van der Waals surface area contributed by atoms with Gasteiger partial charge in [0.15, 0.2) is 0 Å². The summed E-state index contributed by atoms with van der Waals surface area (Å²) >= 11 is 6.09. The Kier molecular flexibility index (Phi) is 6.68. The first-order valence-corrected chi connectivity index (χ1v) is 12.8. The molecule has 0 spiro atoms. The monoisotopic (exact) mass is 496 g/mol. The fourth-order valence-electron chi connectivity index (χ4n) is 5.72. The maximum absolute atomic E-state index is 13.7. The molecule has 2 N–H and O–H groups in total. The summed E-state index contributed by atoms with van der Waals surface area (Å²) in [4.78, 5) is 38.9. The molecule has 0 radical (unpaired) electrons. The van der Waals surface area contributed by atoms with Gasteiger partial charge in [-0.05, 0) is 23.6 Å². The van der Waals surface area contributed by atoms with Crippen LogP contribution in [0.4, 0.5) is 11.6 Å². The number of nitrogens with one attached hydrogen (secondary N) is 2. The van der Waals surface area contributed by atoms with Gasteiger partial charge in [-0.1, -0.05) is 44.5 Å². The Morgan fingerprint density at radius 3 is 2.49 bits per heavy atom. The Bertz CT molecular complexity index is 1090. The summed E-state index contributed by atoms with van der Waals surface area (Å²) in [5, 5.41) is 7.01. The number of nitrogens with zero attached hydrogens (tertiary/aromatic N) is 4. The van der Waals surface area contributed by atoms with Crippen LogP contribution in [0.1, 0.15) is 50.2 Å². The molecule has 0 aliphatic carbocycles. The van der Waals surface area contributed by atoms with E-state index < -0.39 is 0 Å². The molecule has 35 heavy (non-hydrogen) atoms. The van der Waals surface area contributed by atoms with Crippen molar-refractivity contribution in [1.82, 2.24) is 20.2 Å². The molecule has 5 rings (SSSR count). The van der Waals surface area contributed by atoms with E-state index in [1.807, 2.05) is 29.2 Å². The van der Waals surface area contributed by atoms with Crippen molar-refractivity contribution < 1.29 is 9.59 Å². The van der Waals surface area contributed by atoms with E-state index in [0.29, 0.717) is 41.7 Å². The number of hydrogen-bond acceptors (Lipinski definition) is 6. The highest BCUT2D eigenvalue weighted by molar-refractivity contribution is 6.30. The van der Waals surface area contributed by atoms with Crippen LogP contribution >= 0.6 is 11.6 Å². The largest absolute Gasteiger partial charge is 0.355 e. The van der Waals surface area contributed by atoms with Crippen molar-refractivity contribution in [2.75, 3.05) is 42.9 Å². The Labute approximate surface area is 211 Å². The zero-order valence-corrected chi connectivity index (χ0v) is 21.3. The molecular weight excluding hydrogens is 464 g/mol. The number of rotatable bonds is 6. The minimum atomic E-state index is -0.233. The van der Waals surface area contributed by atoms with Gasteiger partial charge >= 0.3 is 0 Å². The topological polar surface area (TPSA) is 90.5 Å². The van der Waals surface area contributed by atoms with Gasteiger partial charge in [0.1, 0.15) is 18.0 Å². The second-order valence-electron chi connectivity index (χ2n) is 10.4. The maximum Gasteiger partial charge on any atom is 0.231 e. The van der Waals surface area contributed by atoms with E-state index >= 15 is 0 Å². The molecule has 2 aromatic rings. The lowest BCUT2D eigenvalue weighted by Crippen LogP contribution is -2.41. The molecule has 3 aliphatic heterocycles. The number of hydrogen-bond donors (Lipinski definition) is 2. The Morgan fingerprint density at radius 1 is 1.14 bits per heavy atom. The number of aromatic nitrogens is 2. The van der Waals surface area contributed by atoms with Crippen LogP contribution in [0.5, 0.6) is 0 Å². The lowest BCUT2D eigenvalue weighted by atomic mass is 9.94. The number of carbonyl (C=O) groups is 2. The third kappa shape index (κ3) is 4.86. The highest BCUT2D eigenvalue weighted by atomic mass is 35.5. The van der Waals surface area contributed by atoms with Gasteiger partial charge in [-0.2, -0.15) is 0 Å². The Morgan fingerprint density at radius 2 is 1.83 bits per heavy atom. The summed E-state index contributed by atoms with van der Waals surface area (Å²) in [5.74, 6) is 2.40. The summed E-state index contributed by atoms with van der Waals surface area (Å²) in [6.07, 6.45) is 1.99. The summed E-state index contributed by atoms with van der Waals surface area (Å²) < 4.78 is 0.